The fraction of sp³-hybridized carbons (Fsp3) is 0. The van der Waals surface area contributed by atoms with Gasteiger partial charge in [-0.15, -0.1) is 0 Å². The number of rotatable bonds is 3. The summed E-state index contributed by atoms with van der Waals surface area (Å²) < 4.78 is 0. The predicted molar refractivity (Wildman–Crippen MR) is 227 cm³/mol. The molecule has 246 valence electrons. The van der Waals surface area contributed by atoms with Crippen molar-refractivity contribution in [1.82, 2.24) is 9.97 Å². The first-order valence-electron chi connectivity index (χ1n) is 17.0. The van der Waals surface area contributed by atoms with Gasteiger partial charge in [-0.1, -0.05) is 101 Å². The zero-order chi connectivity index (χ0) is 38.6. The molecule has 0 saturated heterocycles. The van der Waals surface area contributed by atoms with E-state index in [2.05, 4.69) is 4.98 Å². The Kier molecular flexibility index (Phi) is 7.66. The Labute approximate surface area is 321 Å². The molecule has 0 fully saturated rings. The minimum Gasteiger partial charge on any atom is -0.509 e. The Morgan fingerprint density at radius 3 is 1.55 bits per heavy atom. The number of hydrogen-bond acceptors (Lipinski definition) is 7. The summed E-state index contributed by atoms with van der Waals surface area (Å²) in [6.07, 6.45) is 1.09. The van der Waals surface area contributed by atoms with Crippen molar-refractivity contribution in [2.45, 2.75) is 0 Å². The van der Waals surface area contributed by atoms with Crippen LogP contribution in [0.15, 0.2) is 91.1 Å². The molecule has 7 aromatic carbocycles. The van der Waals surface area contributed by atoms with Crippen molar-refractivity contribution in [2.24, 2.45) is 0 Å². The Bertz CT molecular complexity index is 3120. The van der Waals surface area contributed by atoms with Gasteiger partial charge in [-0.05, 0) is 65.8 Å². The molecular weight excluding hydrogens is 677 g/mol. The first-order valence-corrected chi connectivity index (χ1v) is 17.0. The summed E-state index contributed by atoms with van der Waals surface area (Å²) in [6.45, 7) is 0. The number of benzene rings is 7. The van der Waals surface area contributed by atoms with E-state index in [9.17, 15) is 25.5 Å². The van der Waals surface area contributed by atoms with Gasteiger partial charge in [0.25, 0.3) is 0 Å². The summed E-state index contributed by atoms with van der Waals surface area (Å²) in [7, 11) is 38.6. The number of phenolic OH excluding ortho intramolecular Hbond substituents is 3. The van der Waals surface area contributed by atoms with E-state index >= 15 is 0 Å². The van der Waals surface area contributed by atoms with Crippen LogP contribution in [0.2, 0.25) is 0 Å². The molecule has 0 spiro atoms. The van der Waals surface area contributed by atoms with Gasteiger partial charge in [0, 0.05) is 16.5 Å². The van der Waals surface area contributed by atoms with Crippen LogP contribution in [-0.2, 0) is 0 Å². The molecule has 55 heavy (non-hydrogen) atoms. The van der Waals surface area contributed by atoms with Crippen LogP contribution in [0.4, 0.5) is 0 Å². The van der Waals surface area contributed by atoms with E-state index in [4.69, 9.17) is 52.1 Å². The van der Waals surface area contributed by atoms with Gasteiger partial charge in [0.05, 0.1) is 23.0 Å². The van der Waals surface area contributed by atoms with Crippen molar-refractivity contribution in [2.75, 3.05) is 0 Å². The molecule has 0 atom stereocenters. The average molecular weight is 698 g/mol. The van der Waals surface area contributed by atoms with Gasteiger partial charge in [0.15, 0.2) is 11.5 Å². The van der Waals surface area contributed by atoms with Gasteiger partial charge in [-0.3, -0.25) is 4.98 Å². The Hall–Kier alpha value is -6.47. The second-order valence-corrected chi connectivity index (χ2v) is 13.4. The van der Waals surface area contributed by atoms with E-state index < -0.39 is 23.0 Å². The molecule has 0 unspecified atom stereocenters. The largest absolute Gasteiger partial charge is 0.509 e. The normalized spacial score (nSPS) is 11.7. The molecule has 0 saturated carbocycles. The fourth-order valence-corrected chi connectivity index (χ4v) is 7.89. The third-order valence-corrected chi connectivity index (χ3v) is 10.4. The Morgan fingerprint density at radius 1 is 0.400 bits per heavy atom. The Balaban J connectivity index is 1.47. The summed E-state index contributed by atoms with van der Waals surface area (Å²) in [5.74, 6) is -2.63. The van der Waals surface area contributed by atoms with Gasteiger partial charge in [0.1, 0.15) is 69.8 Å². The average Bonchev–Trinajstić information content (AvgIpc) is 3.19. The van der Waals surface area contributed by atoms with Gasteiger partial charge >= 0.3 is 0 Å². The topological polar surface area (TPSA) is 127 Å². The highest BCUT2D eigenvalue weighted by Gasteiger charge is 2.30. The van der Waals surface area contributed by atoms with Crippen molar-refractivity contribution in [3.63, 3.8) is 0 Å². The number of pyridine rings is 2. The van der Waals surface area contributed by atoms with Gasteiger partial charge in [-0.2, -0.15) is 0 Å². The molecule has 0 aliphatic rings. The quantitative estimate of drug-likeness (QED) is 0.0832. The highest BCUT2D eigenvalue weighted by Crippen LogP contribution is 2.53. The Morgan fingerprint density at radius 2 is 0.927 bits per heavy atom. The number of aromatic hydroxyl groups is 5. The highest BCUT2D eigenvalue weighted by molar-refractivity contribution is 6.61. The van der Waals surface area contributed by atoms with Crippen LogP contribution >= 0.6 is 0 Å². The first-order chi connectivity index (χ1) is 26.4. The fourth-order valence-electron chi connectivity index (χ4n) is 7.89. The molecular formula is C42H20B6N2O5. The molecule has 0 aliphatic heterocycles. The number of nitrogens with zero attached hydrogens (tertiary/aromatic N) is 2. The number of fused-ring (bicyclic) bond motifs is 6. The van der Waals surface area contributed by atoms with Gasteiger partial charge < -0.3 is 25.5 Å². The summed E-state index contributed by atoms with van der Waals surface area (Å²) in [4.78, 5) is 9.03. The lowest BCUT2D eigenvalue weighted by atomic mass is 9.71. The second kappa shape index (κ2) is 12.3. The number of phenols is 3. The molecule has 9 aromatic rings. The van der Waals surface area contributed by atoms with E-state index in [0.29, 0.717) is 5.56 Å². The van der Waals surface area contributed by atoms with Gasteiger partial charge in [-0.25, -0.2) is 4.98 Å². The number of aromatic nitrogens is 2. The minimum absolute atomic E-state index is 0.0349. The third-order valence-electron chi connectivity index (χ3n) is 10.4. The maximum atomic E-state index is 12.3. The van der Waals surface area contributed by atoms with Crippen molar-refractivity contribution >= 4 is 134 Å². The molecule has 7 nitrogen and oxygen atoms in total. The third kappa shape index (κ3) is 4.72. The van der Waals surface area contributed by atoms with Crippen LogP contribution < -0.4 is 32.8 Å². The minimum atomic E-state index is -0.692. The molecule has 0 aliphatic carbocycles. The lowest BCUT2D eigenvalue weighted by Gasteiger charge is -2.24. The SMILES string of the molecule is [B]c1c(O)cc2c(-c3nc4c(c([B])c([B])c5c([B])c(O)cnc54)c(O)c3[B])c(O)c(O)c(-c3c4ccccc4c(-c4ccccc4)c4ccccc34)c2c1[B]. The van der Waals surface area contributed by atoms with Gasteiger partial charge in [0.2, 0.25) is 0 Å². The second-order valence-electron chi connectivity index (χ2n) is 13.4. The standard InChI is InChI=1S/C42H20B6N2O5/c43-31-23(52)15-49-38-29(31)34(46)35(47)30-39(38)50-37(36(48)40(30)53)27-21-14-22(51)32(44)33(45)26(21)28(42(55)41(27)54)25-19-12-6-4-10-17(19)24(16-8-2-1-3-9-16)18-11-5-7-13-20(18)25/h1-15,51-52,54-55H,(H,50,53). The van der Waals surface area contributed by atoms with Crippen molar-refractivity contribution < 1.29 is 25.5 Å². The lowest BCUT2D eigenvalue weighted by molar-refractivity contribution is 0.407. The van der Waals surface area contributed by atoms with Crippen LogP contribution in [0.1, 0.15) is 0 Å². The van der Waals surface area contributed by atoms with E-state index in [0.717, 1.165) is 38.9 Å². The smallest absolute Gasteiger partial charge is 0.168 e. The van der Waals surface area contributed by atoms with Crippen molar-refractivity contribution in [3.05, 3.63) is 91.1 Å². The first kappa shape index (κ1) is 34.3. The highest BCUT2D eigenvalue weighted by atomic mass is 16.3. The van der Waals surface area contributed by atoms with Crippen molar-refractivity contribution in [3.8, 4) is 62.3 Å². The monoisotopic (exact) mass is 698 g/mol. The van der Waals surface area contributed by atoms with Crippen LogP contribution in [0.25, 0.3) is 87.6 Å². The molecule has 0 bridgehead atoms. The maximum Gasteiger partial charge on any atom is 0.168 e. The lowest BCUT2D eigenvalue weighted by Crippen LogP contribution is -2.32. The van der Waals surface area contributed by atoms with Crippen LogP contribution in [0.3, 0.4) is 0 Å². The van der Waals surface area contributed by atoms with Crippen LogP contribution in [0.5, 0.6) is 28.7 Å². The van der Waals surface area contributed by atoms with Crippen molar-refractivity contribution in [1.29, 1.82) is 0 Å². The summed E-state index contributed by atoms with van der Waals surface area (Å²) in [5.41, 5.74) is 1.23. The molecule has 5 N–H and O–H groups in total. The molecule has 2 aromatic heterocycles. The zero-order valence-corrected chi connectivity index (χ0v) is 28.8. The maximum absolute atomic E-state index is 12.3. The van der Waals surface area contributed by atoms with E-state index in [-0.39, 0.29) is 87.9 Å². The zero-order valence-electron chi connectivity index (χ0n) is 28.8. The van der Waals surface area contributed by atoms with E-state index in [1.54, 1.807) is 0 Å². The number of hydrogen-bond donors (Lipinski definition) is 5. The molecule has 0 amide bonds. The van der Waals surface area contributed by atoms with Crippen LogP contribution in [0, 0.1) is 0 Å². The predicted octanol–water partition coefficient (Wildman–Crippen LogP) is 2.53. The van der Waals surface area contributed by atoms with E-state index in [1.807, 2.05) is 78.9 Å². The summed E-state index contributed by atoms with van der Waals surface area (Å²) in [5, 5.41) is 61.1. The van der Waals surface area contributed by atoms with E-state index in [1.165, 1.54) is 6.07 Å². The molecule has 12 radical (unpaired) electrons. The summed E-state index contributed by atoms with van der Waals surface area (Å²) in [6, 6.07) is 26.6. The molecule has 9 rings (SSSR count). The summed E-state index contributed by atoms with van der Waals surface area (Å²) >= 11 is 0. The van der Waals surface area contributed by atoms with Crippen LogP contribution in [-0.4, -0.2) is 82.6 Å². The molecule has 2 heterocycles. The molecule has 13 heteroatoms.